The Morgan fingerprint density at radius 2 is 1.35 bits per heavy atom. The first-order valence-electron chi connectivity index (χ1n) is 10.3. The van der Waals surface area contributed by atoms with E-state index >= 15 is 0 Å². The van der Waals surface area contributed by atoms with Crippen molar-refractivity contribution >= 4 is 35.8 Å². The van der Waals surface area contributed by atoms with Gasteiger partial charge in [-0.15, -0.1) is 0 Å². The second-order valence-corrected chi connectivity index (χ2v) is 16.5. The number of rotatable bonds is 11. The van der Waals surface area contributed by atoms with Crippen LogP contribution < -0.4 is 0 Å². The maximum atomic E-state index is 14.8. The van der Waals surface area contributed by atoms with Gasteiger partial charge >= 0.3 is 32.5 Å². The van der Waals surface area contributed by atoms with Gasteiger partial charge in [-0.1, -0.05) is 34.6 Å². The molecule has 0 bridgehead atoms. The minimum atomic E-state index is -7.47. The monoisotopic (exact) mass is 610 g/mol. The number of alkyl halides is 6. The van der Waals surface area contributed by atoms with E-state index in [0.29, 0.717) is 13.0 Å². The zero-order chi connectivity index (χ0) is 30.3. The Hall–Kier alpha value is -1.81. The lowest BCUT2D eigenvalue weighted by Gasteiger charge is -2.36. The zero-order valence-electron chi connectivity index (χ0n) is 20.9. The molecular weight excluding hydrogens is 582 g/mol. The van der Waals surface area contributed by atoms with Crippen LogP contribution in [-0.2, 0) is 34.4 Å². The van der Waals surface area contributed by atoms with Gasteiger partial charge in [0.15, 0.2) is 9.84 Å². The molecule has 0 radical (unpaired) electrons. The third-order valence-corrected chi connectivity index (χ3v) is 12.5. The number of carbonyl (C=O) groups is 1. The number of carbonyl (C=O) groups excluding carboxylic acids is 1. The second-order valence-electron chi connectivity index (χ2n) is 9.63. The number of ether oxygens (including phenoxy) is 1. The summed E-state index contributed by atoms with van der Waals surface area (Å²) in [5.74, 6) is -9.23. The average molecular weight is 611 g/mol. The molecule has 0 fully saturated rings. The molecule has 1 unspecified atom stereocenters. The first-order valence-corrected chi connectivity index (χ1v) is 14.8. The molecule has 10 nitrogen and oxygen atoms in total. The van der Waals surface area contributed by atoms with Crippen LogP contribution in [0.4, 0.5) is 31.1 Å². The number of nitriles is 1. The first-order chi connectivity index (χ1) is 16.1. The Labute approximate surface area is 211 Å². The van der Waals surface area contributed by atoms with Gasteiger partial charge in [0.2, 0.25) is 0 Å². The lowest BCUT2D eigenvalue weighted by Crippen LogP contribution is -2.67. The topological polar surface area (TPSA) is 156 Å². The molecule has 0 aromatic carbocycles. The number of nitrogens with zero attached hydrogens (tertiary/aromatic N) is 2. The van der Waals surface area contributed by atoms with Gasteiger partial charge in [0.05, 0.1) is 12.4 Å². The summed E-state index contributed by atoms with van der Waals surface area (Å²) < 4.78 is 162. The van der Waals surface area contributed by atoms with Gasteiger partial charge in [-0.25, -0.2) is 21.6 Å². The molecule has 0 aliphatic rings. The Morgan fingerprint density at radius 1 is 0.919 bits per heavy atom. The molecule has 0 aliphatic heterocycles. The van der Waals surface area contributed by atoms with E-state index in [4.69, 9.17) is 0 Å². The molecule has 0 heterocycles. The summed E-state index contributed by atoms with van der Waals surface area (Å²) in [6, 6.07) is 0.461. The number of hydrogen-bond donors (Lipinski definition) is 0. The highest BCUT2D eigenvalue weighted by molar-refractivity contribution is 8.11. The summed E-state index contributed by atoms with van der Waals surface area (Å²) in [5, 5.41) is -4.99. The van der Waals surface area contributed by atoms with Crippen LogP contribution in [0.1, 0.15) is 48.5 Å². The van der Waals surface area contributed by atoms with Crippen LogP contribution >= 0.6 is 0 Å². The van der Waals surface area contributed by atoms with Crippen molar-refractivity contribution in [3.05, 3.63) is 0 Å². The number of amides is 1. The maximum Gasteiger partial charge on any atom is 0.433 e. The quantitative estimate of drug-likeness (QED) is 0.320. The zero-order valence-corrected chi connectivity index (χ0v) is 23.3. The van der Waals surface area contributed by atoms with E-state index < -0.39 is 90.8 Å². The molecule has 0 aromatic heterocycles. The van der Waals surface area contributed by atoms with Crippen LogP contribution in [0.5, 0.6) is 0 Å². The number of hydrogen-bond acceptors (Lipinski definition) is 9. The fourth-order valence-electron chi connectivity index (χ4n) is 2.59. The molecule has 1 amide bonds. The van der Waals surface area contributed by atoms with Crippen molar-refractivity contribution in [3.8, 4) is 6.07 Å². The van der Waals surface area contributed by atoms with E-state index in [-0.39, 0.29) is 6.92 Å². The highest BCUT2D eigenvalue weighted by Crippen LogP contribution is 2.54. The largest absolute Gasteiger partial charge is 0.448 e. The van der Waals surface area contributed by atoms with Crippen molar-refractivity contribution < 1.29 is 61.1 Å². The smallest absolute Gasteiger partial charge is 0.433 e. The lowest BCUT2D eigenvalue weighted by molar-refractivity contribution is -0.245. The molecule has 0 saturated heterocycles. The minimum Gasteiger partial charge on any atom is -0.448 e. The Morgan fingerprint density at radius 3 is 1.68 bits per heavy atom. The van der Waals surface area contributed by atoms with Crippen molar-refractivity contribution in [2.45, 2.75) is 69.0 Å². The molecule has 0 saturated carbocycles. The van der Waals surface area contributed by atoms with Crippen molar-refractivity contribution in [2.75, 3.05) is 18.9 Å². The summed E-state index contributed by atoms with van der Waals surface area (Å²) in [6.07, 6.45) is -2.15. The van der Waals surface area contributed by atoms with Crippen LogP contribution in [0.2, 0.25) is 0 Å². The normalized spacial score (nSPS) is 16.1. The molecule has 19 heteroatoms. The summed E-state index contributed by atoms with van der Waals surface area (Å²) in [5.41, 5.74) is -1.42. The summed E-state index contributed by atoms with van der Waals surface area (Å²) >= 11 is 0. The Bertz CT molecular complexity index is 1240. The third kappa shape index (κ3) is 5.79. The molecule has 0 N–H and O–H groups in total. The van der Waals surface area contributed by atoms with Gasteiger partial charge in [-0.05, 0) is 25.2 Å². The van der Waals surface area contributed by atoms with E-state index in [9.17, 15) is 61.7 Å². The van der Waals surface area contributed by atoms with E-state index in [0.717, 1.165) is 20.8 Å². The molecule has 0 spiro atoms. The van der Waals surface area contributed by atoms with Crippen molar-refractivity contribution in [1.82, 2.24) is 4.31 Å². The summed E-state index contributed by atoms with van der Waals surface area (Å²) in [7, 11) is -20.2. The standard InChI is InChI=1S/C18H28F6N2O8S3/c1-8-26(13(27)34-9-12(2)3)37(32,33)18(23,24)16(19,20)17(21,22)36(30,31)15(7,10-25)35(28,29)11-14(4,5)6/h12H,8-9,11H2,1-7H3. The average Bonchev–Trinajstić information content (AvgIpc) is 2.69. The molecular formula is C18H28F6N2O8S3. The minimum absolute atomic E-state index is 0.207. The van der Waals surface area contributed by atoms with Crippen LogP contribution in [0, 0.1) is 22.7 Å². The predicted octanol–water partition coefficient (Wildman–Crippen LogP) is 3.37. The van der Waals surface area contributed by atoms with Gasteiger partial charge in [0, 0.05) is 6.54 Å². The molecule has 0 aromatic rings. The van der Waals surface area contributed by atoms with E-state index in [1.54, 1.807) is 0 Å². The molecule has 1 atom stereocenters. The van der Waals surface area contributed by atoms with Crippen LogP contribution in [0.15, 0.2) is 0 Å². The second kappa shape index (κ2) is 10.4. The Balaban J connectivity index is 7.04. The molecule has 37 heavy (non-hydrogen) atoms. The molecule has 0 aliphatic carbocycles. The first kappa shape index (κ1) is 35.2. The summed E-state index contributed by atoms with van der Waals surface area (Å²) in [6.45, 7) is 4.87. The van der Waals surface area contributed by atoms with Crippen molar-refractivity contribution in [2.24, 2.45) is 11.3 Å². The van der Waals surface area contributed by atoms with E-state index in [1.807, 2.05) is 0 Å². The van der Waals surface area contributed by atoms with Crippen LogP contribution in [-0.4, -0.2) is 75.1 Å². The highest BCUT2D eigenvalue weighted by atomic mass is 32.3. The number of sulfone groups is 2. The number of sulfonamides is 1. The highest BCUT2D eigenvalue weighted by Gasteiger charge is 2.85. The fourth-order valence-corrected chi connectivity index (χ4v) is 8.43. The lowest BCUT2D eigenvalue weighted by atomic mass is 10.0. The van der Waals surface area contributed by atoms with Gasteiger partial charge in [-0.2, -0.15) is 44.3 Å². The van der Waals surface area contributed by atoms with Crippen molar-refractivity contribution in [1.29, 1.82) is 5.26 Å². The van der Waals surface area contributed by atoms with E-state index in [2.05, 4.69) is 4.74 Å². The summed E-state index contributed by atoms with van der Waals surface area (Å²) in [4.78, 5) is 11.9. The predicted molar refractivity (Wildman–Crippen MR) is 119 cm³/mol. The van der Waals surface area contributed by atoms with Gasteiger partial charge in [0.25, 0.3) is 13.9 Å². The van der Waals surface area contributed by atoms with Crippen LogP contribution in [0.25, 0.3) is 0 Å². The molecule has 218 valence electrons. The fraction of sp³-hybridized carbons (Fsp3) is 0.889. The van der Waals surface area contributed by atoms with E-state index in [1.165, 1.54) is 13.8 Å². The van der Waals surface area contributed by atoms with Crippen LogP contribution in [0.3, 0.4) is 0 Å². The van der Waals surface area contributed by atoms with Crippen molar-refractivity contribution in [3.63, 3.8) is 0 Å². The number of halogens is 6. The third-order valence-electron chi connectivity index (χ3n) is 4.65. The van der Waals surface area contributed by atoms with Gasteiger partial charge in [0.1, 0.15) is 6.07 Å². The maximum absolute atomic E-state index is 14.8. The Kier molecular flexibility index (Phi) is 9.89. The van der Waals surface area contributed by atoms with Gasteiger partial charge < -0.3 is 4.74 Å². The van der Waals surface area contributed by atoms with Gasteiger partial charge in [-0.3, -0.25) is 0 Å². The SMILES string of the molecule is CCN(C(=O)OCC(C)C)S(=O)(=O)C(F)(F)C(F)(F)C(F)(F)S(=O)(=O)C(C)(C#N)S(=O)(=O)CC(C)(C)C. The molecule has 0 rings (SSSR count).